The average Bonchev–Trinajstić information content (AvgIpc) is 3.06. The van der Waals surface area contributed by atoms with E-state index in [1.165, 1.54) is 43.6 Å². The topological polar surface area (TPSA) is 87.1 Å². The zero-order valence-corrected chi connectivity index (χ0v) is 15.3. The van der Waals surface area contributed by atoms with E-state index in [0.29, 0.717) is 5.92 Å². The van der Waals surface area contributed by atoms with Gasteiger partial charge in [-0.15, -0.1) is 0 Å². The lowest BCUT2D eigenvalue weighted by Gasteiger charge is -2.16. The second-order valence-corrected chi connectivity index (χ2v) is 6.54. The quantitative estimate of drug-likeness (QED) is 0.605. The first kappa shape index (κ1) is 21.0. The van der Waals surface area contributed by atoms with Gasteiger partial charge in [-0.2, -0.15) is 0 Å². The summed E-state index contributed by atoms with van der Waals surface area (Å²) in [6, 6.07) is 6.58. The lowest BCUT2D eigenvalue weighted by Crippen LogP contribution is -2.22. The number of nitrogens with zero attached hydrogens (tertiary/aromatic N) is 1. The van der Waals surface area contributed by atoms with Crippen molar-refractivity contribution in [2.24, 2.45) is 0 Å². The number of ether oxygens (including phenoxy) is 1. The molecule has 1 aliphatic rings. The maximum absolute atomic E-state index is 9.10. The molecule has 1 heterocycles. The van der Waals surface area contributed by atoms with Crippen LogP contribution < -0.4 is 4.74 Å². The lowest BCUT2D eigenvalue weighted by atomic mass is 10.0. The standard InChI is InChI=1S/C17H27NO.C2H2O4/c1-14(2)16-8-7-15(3)17(13-16)19-12-6-11-18-9-4-5-10-18;3-1(4)2(5)6/h7-8,13-14H,4-6,9-12H2,1-3H3;(H,3,4)(H,5,6). The molecule has 2 N–H and O–H groups in total. The number of carbonyl (C=O) groups is 2. The van der Waals surface area contributed by atoms with Crippen molar-refractivity contribution in [3.8, 4) is 5.75 Å². The fraction of sp³-hybridized carbons (Fsp3) is 0.579. The number of benzene rings is 1. The van der Waals surface area contributed by atoms with Gasteiger partial charge in [0.25, 0.3) is 0 Å². The van der Waals surface area contributed by atoms with E-state index < -0.39 is 11.9 Å². The highest BCUT2D eigenvalue weighted by Gasteiger charge is 2.10. The van der Waals surface area contributed by atoms with Gasteiger partial charge in [-0.3, -0.25) is 0 Å². The highest BCUT2D eigenvalue weighted by Crippen LogP contribution is 2.24. The molecule has 0 radical (unpaired) electrons. The van der Waals surface area contributed by atoms with Crippen LogP contribution in [0.25, 0.3) is 0 Å². The summed E-state index contributed by atoms with van der Waals surface area (Å²) in [5.74, 6) is -2.02. The SMILES string of the molecule is Cc1ccc(C(C)C)cc1OCCCN1CCCC1.O=C(O)C(=O)O. The predicted molar refractivity (Wildman–Crippen MR) is 96.3 cm³/mol. The summed E-state index contributed by atoms with van der Waals surface area (Å²) >= 11 is 0. The van der Waals surface area contributed by atoms with Crippen LogP contribution in [-0.2, 0) is 9.59 Å². The zero-order chi connectivity index (χ0) is 18.8. The van der Waals surface area contributed by atoms with E-state index in [1.807, 2.05) is 0 Å². The van der Waals surface area contributed by atoms with Crippen LogP contribution in [0.5, 0.6) is 5.75 Å². The first-order chi connectivity index (χ1) is 11.8. The predicted octanol–water partition coefficient (Wildman–Crippen LogP) is 3.14. The minimum Gasteiger partial charge on any atom is -0.493 e. The number of aryl methyl sites for hydroxylation is 1. The van der Waals surface area contributed by atoms with Gasteiger partial charge in [0.1, 0.15) is 5.75 Å². The largest absolute Gasteiger partial charge is 0.493 e. The van der Waals surface area contributed by atoms with Crippen LogP contribution in [0.1, 0.15) is 50.2 Å². The first-order valence-corrected chi connectivity index (χ1v) is 8.73. The maximum atomic E-state index is 9.10. The molecule has 1 aromatic rings. The number of likely N-dealkylation sites (tertiary alicyclic amines) is 1. The third-order valence-electron chi connectivity index (χ3n) is 4.14. The van der Waals surface area contributed by atoms with Gasteiger partial charge in [-0.25, -0.2) is 9.59 Å². The highest BCUT2D eigenvalue weighted by atomic mass is 16.5. The van der Waals surface area contributed by atoms with Gasteiger partial charge in [0, 0.05) is 6.54 Å². The van der Waals surface area contributed by atoms with Crippen LogP contribution in [0.15, 0.2) is 18.2 Å². The van der Waals surface area contributed by atoms with Gasteiger partial charge in [0.2, 0.25) is 0 Å². The van der Waals surface area contributed by atoms with E-state index in [2.05, 4.69) is 43.9 Å². The molecular formula is C19H29NO5. The Morgan fingerprint density at radius 2 is 1.76 bits per heavy atom. The number of carboxylic acids is 2. The summed E-state index contributed by atoms with van der Waals surface area (Å²) in [4.78, 5) is 20.7. The molecule has 0 aromatic heterocycles. The molecule has 0 unspecified atom stereocenters. The fourth-order valence-corrected chi connectivity index (χ4v) is 2.61. The van der Waals surface area contributed by atoms with Gasteiger partial charge < -0.3 is 19.8 Å². The van der Waals surface area contributed by atoms with E-state index in [4.69, 9.17) is 24.5 Å². The van der Waals surface area contributed by atoms with E-state index >= 15 is 0 Å². The molecule has 1 saturated heterocycles. The molecule has 140 valence electrons. The molecule has 0 spiro atoms. The molecule has 25 heavy (non-hydrogen) atoms. The molecule has 1 aliphatic heterocycles. The highest BCUT2D eigenvalue weighted by molar-refractivity contribution is 6.27. The molecule has 1 fully saturated rings. The van der Waals surface area contributed by atoms with E-state index in [1.54, 1.807) is 0 Å². The van der Waals surface area contributed by atoms with Crippen molar-refractivity contribution < 1.29 is 24.5 Å². The number of hydrogen-bond donors (Lipinski definition) is 2. The minimum atomic E-state index is -1.82. The average molecular weight is 351 g/mol. The van der Waals surface area contributed by atoms with E-state index in [9.17, 15) is 0 Å². The van der Waals surface area contributed by atoms with Crippen molar-refractivity contribution >= 4 is 11.9 Å². The van der Waals surface area contributed by atoms with Crippen LogP contribution >= 0.6 is 0 Å². The van der Waals surface area contributed by atoms with Crippen molar-refractivity contribution in [3.63, 3.8) is 0 Å². The van der Waals surface area contributed by atoms with Crippen LogP contribution in [0, 0.1) is 6.92 Å². The molecule has 0 saturated carbocycles. The normalized spacial score (nSPS) is 14.1. The molecule has 0 aliphatic carbocycles. The van der Waals surface area contributed by atoms with Crippen molar-refractivity contribution in [2.75, 3.05) is 26.2 Å². The second kappa shape index (κ2) is 10.7. The minimum absolute atomic E-state index is 0.563. The Kier molecular flexibility index (Phi) is 8.99. The molecule has 6 nitrogen and oxygen atoms in total. The van der Waals surface area contributed by atoms with E-state index in [0.717, 1.165) is 18.8 Å². The summed E-state index contributed by atoms with van der Waals surface area (Å²) < 4.78 is 5.96. The molecular weight excluding hydrogens is 322 g/mol. The zero-order valence-electron chi connectivity index (χ0n) is 15.3. The smallest absolute Gasteiger partial charge is 0.414 e. The third kappa shape index (κ3) is 8.03. The Bertz CT molecular complexity index is 553. The molecule has 0 atom stereocenters. The Hall–Kier alpha value is -2.08. The Labute approximate surface area is 149 Å². The summed E-state index contributed by atoms with van der Waals surface area (Å²) in [5, 5.41) is 14.8. The molecule has 0 amide bonds. The van der Waals surface area contributed by atoms with Crippen molar-refractivity contribution in [1.82, 2.24) is 4.90 Å². The summed E-state index contributed by atoms with van der Waals surface area (Å²) in [5.41, 5.74) is 2.60. The van der Waals surface area contributed by atoms with Crippen molar-refractivity contribution in [2.45, 2.75) is 46.0 Å². The summed E-state index contributed by atoms with van der Waals surface area (Å²) in [6.45, 7) is 11.1. The molecule has 2 rings (SSSR count). The van der Waals surface area contributed by atoms with Gasteiger partial charge in [-0.1, -0.05) is 26.0 Å². The van der Waals surface area contributed by atoms with Crippen LogP contribution in [0.3, 0.4) is 0 Å². The van der Waals surface area contributed by atoms with Gasteiger partial charge in [-0.05, 0) is 62.4 Å². The van der Waals surface area contributed by atoms with Crippen LogP contribution in [0.4, 0.5) is 0 Å². The lowest BCUT2D eigenvalue weighted by molar-refractivity contribution is -0.159. The maximum Gasteiger partial charge on any atom is 0.414 e. The number of carboxylic acid groups (broad SMARTS) is 2. The van der Waals surface area contributed by atoms with E-state index in [-0.39, 0.29) is 0 Å². The van der Waals surface area contributed by atoms with Gasteiger partial charge >= 0.3 is 11.9 Å². The van der Waals surface area contributed by atoms with Crippen LogP contribution in [-0.4, -0.2) is 53.3 Å². The fourth-order valence-electron chi connectivity index (χ4n) is 2.61. The Morgan fingerprint density at radius 3 is 2.28 bits per heavy atom. The first-order valence-electron chi connectivity index (χ1n) is 8.73. The van der Waals surface area contributed by atoms with Crippen molar-refractivity contribution in [3.05, 3.63) is 29.3 Å². The number of aliphatic carboxylic acids is 2. The molecule has 1 aromatic carbocycles. The summed E-state index contributed by atoms with van der Waals surface area (Å²) in [7, 11) is 0. The van der Waals surface area contributed by atoms with Gasteiger partial charge in [0.05, 0.1) is 6.61 Å². The van der Waals surface area contributed by atoms with Crippen LogP contribution in [0.2, 0.25) is 0 Å². The Morgan fingerprint density at radius 1 is 1.16 bits per heavy atom. The monoisotopic (exact) mass is 351 g/mol. The number of rotatable bonds is 6. The summed E-state index contributed by atoms with van der Waals surface area (Å²) in [6.07, 6.45) is 3.87. The second-order valence-electron chi connectivity index (χ2n) is 6.54. The third-order valence-corrected chi connectivity index (χ3v) is 4.14. The van der Waals surface area contributed by atoms with Gasteiger partial charge in [0.15, 0.2) is 0 Å². The molecule has 6 heteroatoms. The number of hydrogen-bond acceptors (Lipinski definition) is 4. The van der Waals surface area contributed by atoms with Crippen molar-refractivity contribution in [1.29, 1.82) is 0 Å². The molecule has 0 bridgehead atoms. The Balaban J connectivity index is 0.000000450.